The number of nitrogens with zero attached hydrogens (tertiary/aromatic N) is 2. The van der Waals surface area contributed by atoms with Crippen LogP contribution in [0.3, 0.4) is 0 Å². The molecule has 0 amide bonds. The zero-order chi connectivity index (χ0) is 93.2. The van der Waals surface area contributed by atoms with Crippen molar-refractivity contribution in [3.8, 4) is 178 Å². The number of rotatable bonds is 9. The van der Waals surface area contributed by atoms with Crippen LogP contribution in [0.2, 0.25) is 0 Å². The smallest absolute Gasteiger partial charge is 0.135 e. The van der Waals surface area contributed by atoms with Gasteiger partial charge in [0, 0.05) is 54.5 Å². The Hall–Kier alpha value is -17.8. The Balaban J connectivity index is 0.000000104. The molecule has 0 radical (unpaired) electrons. The summed E-state index contributed by atoms with van der Waals surface area (Å²) in [5.74, 6) is 0. The number of aromatic nitrogens is 2. The fourth-order valence-corrected chi connectivity index (χ4v) is 25.1. The lowest BCUT2D eigenvalue weighted by molar-refractivity contribution is 0.660. The van der Waals surface area contributed by atoms with Crippen LogP contribution in [0, 0.1) is 0 Å². The lowest BCUT2D eigenvalue weighted by atomic mass is 9.81. The summed E-state index contributed by atoms with van der Waals surface area (Å²) in [4.78, 5) is 0. The van der Waals surface area contributed by atoms with Crippen LogP contribution in [0.5, 0.6) is 0 Å². The molecular weight excluding hydrogens is 1700 g/mol. The predicted molar refractivity (Wildman–Crippen MR) is 594 cm³/mol. The first kappa shape index (κ1) is 80.5. The summed E-state index contributed by atoms with van der Waals surface area (Å²) in [5, 5.41) is 15.4. The molecule has 141 heavy (non-hydrogen) atoms. The van der Waals surface area contributed by atoms with E-state index in [9.17, 15) is 0 Å². The van der Waals surface area contributed by atoms with Crippen molar-refractivity contribution < 1.29 is 4.42 Å². The minimum absolute atomic E-state index is 0.0197. The minimum atomic E-state index is -0.0197. The van der Waals surface area contributed by atoms with Crippen molar-refractivity contribution in [1.29, 1.82) is 0 Å². The van der Waals surface area contributed by atoms with Crippen LogP contribution in [0.1, 0.15) is 49.9 Å². The third-order valence-corrected chi connectivity index (χ3v) is 31.8. The normalized spacial score (nSPS) is 13.1. The van der Waals surface area contributed by atoms with Gasteiger partial charge in [-0.3, -0.25) is 0 Å². The van der Waals surface area contributed by atoms with Gasteiger partial charge in [-0.1, -0.05) is 398 Å². The van der Waals surface area contributed by atoms with Gasteiger partial charge in [0.25, 0.3) is 0 Å². The molecule has 0 spiro atoms. The maximum absolute atomic E-state index is 6.01. The number of furan rings is 1. The van der Waals surface area contributed by atoms with Crippen LogP contribution in [0.4, 0.5) is 0 Å². The maximum Gasteiger partial charge on any atom is 0.135 e. The first-order valence-corrected chi connectivity index (χ1v) is 49.3. The average molecular weight is 1790 g/mol. The quantitative estimate of drug-likeness (QED) is 0.141. The van der Waals surface area contributed by atoms with Crippen molar-refractivity contribution in [1.82, 2.24) is 9.13 Å². The Bertz CT molecular complexity index is 9580. The molecule has 0 aliphatic heterocycles. The molecule has 3 aromatic heterocycles. The molecule has 0 unspecified atom stereocenters. The van der Waals surface area contributed by atoms with E-state index in [4.69, 9.17) is 4.42 Å². The maximum atomic E-state index is 6.01. The topological polar surface area (TPSA) is 23.0 Å². The van der Waals surface area contributed by atoms with E-state index in [1.54, 1.807) is 0 Å². The van der Waals surface area contributed by atoms with Crippen molar-refractivity contribution in [2.45, 2.75) is 38.5 Å². The number of para-hydroxylation sites is 5. The van der Waals surface area contributed by atoms with Gasteiger partial charge in [-0.05, 0) is 325 Å². The van der Waals surface area contributed by atoms with Gasteiger partial charge in [-0.15, -0.1) is 0 Å². The molecule has 5 aliphatic rings. The minimum Gasteiger partial charge on any atom is -0.456 e. The zero-order valence-electron chi connectivity index (χ0n) is 78.3. The Labute approximate surface area is 817 Å². The summed E-state index contributed by atoms with van der Waals surface area (Å²) < 4.78 is 10.8. The van der Waals surface area contributed by atoms with Gasteiger partial charge >= 0.3 is 0 Å². The highest BCUT2D eigenvalue weighted by Crippen LogP contribution is 2.58. The van der Waals surface area contributed by atoms with Gasteiger partial charge in [0.05, 0.1) is 22.1 Å². The number of benzene rings is 23. The molecule has 0 saturated heterocycles. The molecule has 0 saturated carbocycles. The Kier molecular flexibility index (Phi) is 17.6. The summed E-state index contributed by atoms with van der Waals surface area (Å²) >= 11 is 0. The second-order valence-corrected chi connectivity index (χ2v) is 39.9. The van der Waals surface area contributed by atoms with Crippen LogP contribution in [0.15, 0.2) is 478 Å². The molecule has 3 heterocycles. The molecule has 0 N–H and O–H groups in total. The van der Waals surface area contributed by atoms with Gasteiger partial charge in [-0.2, -0.15) is 0 Å². The van der Waals surface area contributed by atoms with E-state index >= 15 is 0 Å². The highest BCUT2D eigenvalue weighted by Gasteiger charge is 2.38. The average Bonchev–Trinajstić information content (AvgIpc) is 1.56. The van der Waals surface area contributed by atoms with E-state index in [1.165, 1.54) is 276 Å². The molecule has 0 bridgehead atoms. The van der Waals surface area contributed by atoms with E-state index in [-0.39, 0.29) is 10.8 Å². The highest BCUT2D eigenvalue weighted by atomic mass is 16.3. The van der Waals surface area contributed by atoms with Crippen molar-refractivity contribution in [3.63, 3.8) is 0 Å². The number of hydrogen-bond donors (Lipinski definition) is 0. The van der Waals surface area contributed by atoms with Gasteiger partial charge in [-0.25, -0.2) is 0 Å². The SMILES string of the molecule is CC1(C)c2ccccc2-c2cc(-c3cc(-c4ccc5c(c4)-c4ccccc4C5(C)C)cc(-c4ccc5c6c(cccc46)-c4ccccc4-5)c3)ccc21.c1cc(-c2ccc3c(c2)-c2ccc(-c4ccc(-n5c6ccccc6c6ccccc65)cc4)c4cccc-3c24)cc(-n2c3ccccc3c3ccccc32)c1.c1ccc2c(c1)-c1cccc3c(-c4ccc(-c5ccc6oc7ccccc7c6c5)cc4)ccc-2c13. The third kappa shape index (κ3) is 12.2. The molecule has 23 aromatic carbocycles. The third-order valence-electron chi connectivity index (χ3n) is 31.8. The summed E-state index contributed by atoms with van der Waals surface area (Å²) in [6.45, 7) is 9.43. The monoisotopic (exact) mass is 1790 g/mol. The lowest BCUT2D eigenvalue weighted by Gasteiger charge is -2.22. The van der Waals surface area contributed by atoms with Gasteiger partial charge < -0.3 is 13.6 Å². The van der Waals surface area contributed by atoms with E-state index in [0.29, 0.717) is 0 Å². The first-order chi connectivity index (χ1) is 69.4. The highest BCUT2D eigenvalue weighted by molar-refractivity contribution is 6.23. The summed E-state index contributed by atoms with van der Waals surface area (Å²) in [5.41, 5.74) is 53.4. The van der Waals surface area contributed by atoms with Crippen LogP contribution >= 0.6 is 0 Å². The molecule has 658 valence electrons. The van der Waals surface area contributed by atoms with Crippen molar-refractivity contribution in [2.24, 2.45) is 0 Å². The first-order valence-electron chi connectivity index (χ1n) is 49.3. The van der Waals surface area contributed by atoms with Gasteiger partial charge in [0.1, 0.15) is 11.2 Å². The zero-order valence-corrected chi connectivity index (χ0v) is 78.3. The number of hydrogen-bond acceptors (Lipinski definition) is 1. The molecule has 31 rings (SSSR count). The molecule has 3 heteroatoms. The standard InChI is InChI=1S/C52H32N2.C52H38.C34H20O/c1-5-19-48-40(13-1)41-14-2-6-20-49(41)53(48)36-26-23-33(24-27-36)38-29-30-46-47-32-35(25-28-39(47)45-18-10-17-44(38)52(45)46)34-11-9-12-37(31-34)54-50-21-7-3-15-42(50)43-16-4-8-22-51(43)54;1-51(2)46-18-9-7-14-39(46)44-29-31(20-24-48(44)51)33-26-34(32-21-25-49-45(30-32)40-15-8-10-19-47(40)52(49,3)4)28-35(27-33)36-22-23-43-38-13-6-5-12-37(38)42-17-11-16-41(36)50(42)43;1-2-7-26-25(6-1)29-10-5-9-28-24(17-18-30(26)34(28)29)22-14-12-21(13-15-22)23-16-19-33-31(20-23)27-8-3-4-11-32(27)35-33/h1-32H;5-30H,1-4H3;1-20H. The fourth-order valence-electron chi connectivity index (χ4n) is 25.1. The van der Waals surface area contributed by atoms with E-state index in [2.05, 4.69) is 498 Å². The molecule has 5 aliphatic carbocycles. The Morgan fingerprint density at radius 3 is 0.943 bits per heavy atom. The van der Waals surface area contributed by atoms with Crippen LogP contribution < -0.4 is 0 Å². The van der Waals surface area contributed by atoms with E-state index in [1.807, 2.05) is 12.1 Å². The fraction of sp³-hybridized carbons (Fsp3) is 0.0435. The predicted octanol–water partition coefficient (Wildman–Crippen LogP) is 37.8. The van der Waals surface area contributed by atoms with Crippen molar-refractivity contribution in [2.75, 3.05) is 0 Å². The molecule has 0 atom stereocenters. The molecular formula is C138H90N2O. The largest absolute Gasteiger partial charge is 0.456 e. The summed E-state index contributed by atoms with van der Waals surface area (Å²) in [6.07, 6.45) is 0. The lowest BCUT2D eigenvalue weighted by Crippen LogP contribution is -2.14. The van der Waals surface area contributed by atoms with Gasteiger partial charge in [0.2, 0.25) is 0 Å². The second-order valence-electron chi connectivity index (χ2n) is 39.9. The van der Waals surface area contributed by atoms with Crippen LogP contribution in [-0.2, 0) is 10.8 Å². The van der Waals surface area contributed by atoms with Crippen molar-refractivity contribution >= 4 is 97.9 Å². The molecule has 0 fully saturated rings. The molecule has 3 nitrogen and oxygen atoms in total. The van der Waals surface area contributed by atoms with Crippen molar-refractivity contribution in [3.05, 3.63) is 495 Å². The van der Waals surface area contributed by atoms with Gasteiger partial charge in [0.15, 0.2) is 0 Å². The number of fused-ring (bicyclic) bond motifs is 24. The Morgan fingerprint density at radius 2 is 0.447 bits per heavy atom. The Morgan fingerprint density at radius 1 is 0.149 bits per heavy atom. The van der Waals surface area contributed by atoms with E-state index in [0.717, 1.165) is 21.9 Å². The van der Waals surface area contributed by atoms with Crippen LogP contribution in [-0.4, -0.2) is 9.13 Å². The second kappa shape index (κ2) is 30.9. The summed E-state index contributed by atoms with van der Waals surface area (Å²) in [7, 11) is 0. The summed E-state index contributed by atoms with van der Waals surface area (Å²) in [6, 6.07) is 175. The van der Waals surface area contributed by atoms with Crippen LogP contribution in [0.25, 0.3) is 276 Å². The van der Waals surface area contributed by atoms with E-state index < -0.39 is 0 Å². The molecule has 26 aromatic rings.